The van der Waals surface area contributed by atoms with Crippen LogP contribution in [0.5, 0.6) is 0 Å². The van der Waals surface area contributed by atoms with Crippen LogP contribution in [0.25, 0.3) is 0 Å². The van der Waals surface area contributed by atoms with Gasteiger partial charge in [0.2, 0.25) is 0 Å². The topological polar surface area (TPSA) is 52.6 Å². The van der Waals surface area contributed by atoms with E-state index in [0.717, 1.165) is 0 Å². The second kappa shape index (κ2) is 6.09. The van der Waals surface area contributed by atoms with Crippen molar-refractivity contribution < 1.29 is 23.1 Å². The second-order valence-electron chi connectivity index (χ2n) is 5.45. The maximum Gasteiger partial charge on any atom is 0.391 e. The van der Waals surface area contributed by atoms with Crippen molar-refractivity contribution in [2.45, 2.75) is 37.4 Å². The summed E-state index contributed by atoms with van der Waals surface area (Å²) >= 11 is 0. The number of hydrogen-bond acceptors (Lipinski definition) is 3. The molecule has 4 nitrogen and oxygen atoms in total. The van der Waals surface area contributed by atoms with Crippen LogP contribution >= 0.6 is 0 Å². The van der Waals surface area contributed by atoms with E-state index >= 15 is 0 Å². The van der Waals surface area contributed by atoms with Gasteiger partial charge >= 0.3 is 12.1 Å². The summed E-state index contributed by atoms with van der Waals surface area (Å²) in [5, 5.41) is 12.1. The van der Waals surface area contributed by atoms with Gasteiger partial charge in [0.1, 0.15) is 5.54 Å². The average molecular weight is 282 g/mol. The molecule has 0 amide bonds. The smallest absolute Gasteiger partial charge is 0.391 e. The molecule has 1 fully saturated rings. The number of nitrogens with zero attached hydrogens (tertiary/aromatic N) is 1. The van der Waals surface area contributed by atoms with E-state index < -0.39 is 23.6 Å². The van der Waals surface area contributed by atoms with E-state index in [9.17, 15) is 23.1 Å². The zero-order valence-electron chi connectivity index (χ0n) is 11.3. The van der Waals surface area contributed by atoms with Crippen LogP contribution in [-0.4, -0.2) is 54.9 Å². The molecule has 0 aromatic carbocycles. The van der Waals surface area contributed by atoms with Gasteiger partial charge in [-0.3, -0.25) is 4.79 Å². The van der Waals surface area contributed by atoms with Gasteiger partial charge in [-0.1, -0.05) is 6.42 Å². The number of carbonyl (C=O) groups is 1. The molecule has 0 aliphatic heterocycles. The van der Waals surface area contributed by atoms with E-state index in [2.05, 4.69) is 5.32 Å². The average Bonchev–Trinajstić information content (AvgIpc) is 2.27. The summed E-state index contributed by atoms with van der Waals surface area (Å²) in [5.41, 5.74) is -1.44. The molecule has 112 valence electrons. The van der Waals surface area contributed by atoms with Crippen molar-refractivity contribution in [1.29, 1.82) is 0 Å². The van der Waals surface area contributed by atoms with Crippen LogP contribution < -0.4 is 5.32 Å². The van der Waals surface area contributed by atoms with E-state index in [-0.39, 0.29) is 25.7 Å². The van der Waals surface area contributed by atoms with Gasteiger partial charge in [0.05, 0.1) is 5.92 Å². The number of aliphatic carboxylic acids is 1. The lowest BCUT2D eigenvalue weighted by Crippen LogP contribution is -2.57. The normalized spacial score (nSPS) is 28.6. The molecule has 0 aromatic rings. The summed E-state index contributed by atoms with van der Waals surface area (Å²) in [5.74, 6) is -2.70. The highest BCUT2D eigenvalue weighted by Crippen LogP contribution is 2.41. The molecule has 0 spiro atoms. The Morgan fingerprint density at radius 2 is 2.11 bits per heavy atom. The van der Waals surface area contributed by atoms with Crippen molar-refractivity contribution in [2.24, 2.45) is 5.92 Å². The molecule has 0 radical (unpaired) electrons. The standard InChI is InChI=1S/C12H21F3N2O2/c1-17(2)7-6-16-11(10(18)19)5-3-4-9(8-11)12(13,14)15/h9,16H,3-8H2,1-2H3,(H,18,19). The molecule has 2 unspecified atom stereocenters. The predicted octanol–water partition coefficient (Wildman–Crippen LogP) is 1.71. The van der Waals surface area contributed by atoms with E-state index in [1.54, 1.807) is 0 Å². The molecule has 7 heteroatoms. The molecule has 1 aliphatic rings. The number of carboxylic acid groups (broad SMARTS) is 1. The Morgan fingerprint density at radius 3 is 2.58 bits per heavy atom. The summed E-state index contributed by atoms with van der Waals surface area (Å²) in [6.07, 6.45) is -4.13. The molecule has 2 atom stereocenters. The number of rotatable bonds is 5. The molecular formula is C12H21F3N2O2. The lowest BCUT2D eigenvalue weighted by atomic mass is 9.75. The highest BCUT2D eigenvalue weighted by atomic mass is 19.4. The fourth-order valence-corrected chi connectivity index (χ4v) is 2.50. The van der Waals surface area contributed by atoms with Crippen LogP contribution in [0.2, 0.25) is 0 Å². The molecule has 2 N–H and O–H groups in total. The molecule has 0 aromatic heterocycles. The Morgan fingerprint density at radius 1 is 1.47 bits per heavy atom. The fourth-order valence-electron chi connectivity index (χ4n) is 2.50. The molecule has 19 heavy (non-hydrogen) atoms. The summed E-state index contributed by atoms with van der Waals surface area (Å²) in [4.78, 5) is 13.2. The number of alkyl halides is 3. The van der Waals surface area contributed by atoms with Crippen LogP contribution in [0, 0.1) is 5.92 Å². The van der Waals surface area contributed by atoms with Gasteiger partial charge in [-0.25, -0.2) is 0 Å². The van der Waals surface area contributed by atoms with E-state index in [1.807, 2.05) is 19.0 Å². The van der Waals surface area contributed by atoms with E-state index in [4.69, 9.17) is 0 Å². The summed E-state index contributed by atoms with van der Waals surface area (Å²) in [7, 11) is 3.66. The molecule has 1 saturated carbocycles. The maximum absolute atomic E-state index is 12.8. The summed E-state index contributed by atoms with van der Waals surface area (Å²) in [6.45, 7) is 0.954. The minimum Gasteiger partial charge on any atom is -0.480 e. The van der Waals surface area contributed by atoms with Gasteiger partial charge < -0.3 is 15.3 Å². The molecule has 0 heterocycles. The Kier molecular flexibility index (Phi) is 5.20. The number of nitrogens with one attached hydrogen (secondary N) is 1. The van der Waals surface area contributed by atoms with Crippen LogP contribution in [0.1, 0.15) is 25.7 Å². The lowest BCUT2D eigenvalue weighted by molar-refractivity contribution is -0.191. The van der Waals surface area contributed by atoms with E-state index in [0.29, 0.717) is 13.1 Å². The van der Waals surface area contributed by atoms with Gasteiger partial charge in [0, 0.05) is 13.1 Å². The van der Waals surface area contributed by atoms with Gasteiger partial charge in [0.25, 0.3) is 0 Å². The van der Waals surface area contributed by atoms with Gasteiger partial charge in [0.15, 0.2) is 0 Å². The van der Waals surface area contributed by atoms with Gasteiger partial charge in [-0.05, 0) is 33.4 Å². The summed E-state index contributed by atoms with van der Waals surface area (Å²) in [6, 6.07) is 0. The monoisotopic (exact) mass is 282 g/mol. The van der Waals surface area contributed by atoms with Crippen LogP contribution in [-0.2, 0) is 4.79 Å². The van der Waals surface area contributed by atoms with Crippen molar-refractivity contribution in [3.8, 4) is 0 Å². The predicted molar refractivity (Wildman–Crippen MR) is 64.9 cm³/mol. The quantitative estimate of drug-likeness (QED) is 0.806. The minimum atomic E-state index is -4.32. The zero-order chi connectivity index (χ0) is 14.7. The molecule has 1 aliphatic carbocycles. The minimum absolute atomic E-state index is 0.0217. The van der Waals surface area contributed by atoms with Crippen LogP contribution in [0.3, 0.4) is 0 Å². The van der Waals surface area contributed by atoms with Crippen molar-refractivity contribution in [3.05, 3.63) is 0 Å². The van der Waals surface area contributed by atoms with Crippen LogP contribution in [0.4, 0.5) is 13.2 Å². The number of halogens is 3. The summed E-state index contributed by atoms with van der Waals surface area (Å²) < 4.78 is 38.3. The van der Waals surface area contributed by atoms with Gasteiger partial charge in [-0.2, -0.15) is 13.2 Å². The fraction of sp³-hybridized carbons (Fsp3) is 0.917. The Balaban J connectivity index is 2.73. The highest BCUT2D eigenvalue weighted by molar-refractivity contribution is 5.79. The largest absolute Gasteiger partial charge is 0.480 e. The molecule has 0 bridgehead atoms. The first kappa shape index (κ1) is 16.2. The first-order valence-corrected chi connectivity index (χ1v) is 6.37. The SMILES string of the molecule is CN(C)CCNC1(C(=O)O)CCCC(C(F)(F)F)C1. The molecule has 1 rings (SSSR count). The molecular weight excluding hydrogens is 261 g/mol. The Labute approximate surface area is 111 Å². The Hall–Kier alpha value is -0.820. The third-order valence-electron chi connectivity index (χ3n) is 3.65. The maximum atomic E-state index is 12.8. The Bertz CT molecular complexity index is 321. The third-order valence-corrected chi connectivity index (χ3v) is 3.65. The van der Waals surface area contributed by atoms with Crippen molar-refractivity contribution in [1.82, 2.24) is 10.2 Å². The zero-order valence-corrected chi connectivity index (χ0v) is 11.3. The van der Waals surface area contributed by atoms with Crippen LogP contribution in [0.15, 0.2) is 0 Å². The van der Waals surface area contributed by atoms with Gasteiger partial charge in [-0.15, -0.1) is 0 Å². The number of likely N-dealkylation sites (N-methyl/N-ethyl adjacent to an activating group) is 1. The van der Waals surface area contributed by atoms with Crippen molar-refractivity contribution in [3.63, 3.8) is 0 Å². The first-order chi connectivity index (χ1) is 8.67. The molecule has 0 saturated heterocycles. The van der Waals surface area contributed by atoms with E-state index in [1.165, 1.54) is 0 Å². The number of hydrogen-bond donors (Lipinski definition) is 2. The van der Waals surface area contributed by atoms with Crippen molar-refractivity contribution >= 4 is 5.97 Å². The first-order valence-electron chi connectivity index (χ1n) is 6.37. The third kappa shape index (κ3) is 4.35. The highest BCUT2D eigenvalue weighted by Gasteiger charge is 2.50. The second-order valence-corrected chi connectivity index (χ2v) is 5.45. The lowest BCUT2D eigenvalue weighted by Gasteiger charge is -2.39. The van der Waals surface area contributed by atoms with Crippen molar-refractivity contribution in [2.75, 3.05) is 27.2 Å². The number of carboxylic acids is 1.